The maximum atomic E-state index is 6.25. The van der Waals surface area contributed by atoms with Crippen LogP contribution in [0.25, 0.3) is 0 Å². The lowest BCUT2D eigenvalue weighted by Crippen LogP contribution is -2.32. The summed E-state index contributed by atoms with van der Waals surface area (Å²) in [5, 5.41) is 4.36. The third-order valence-corrected chi connectivity index (χ3v) is 3.60. The highest BCUT2D eigenvalue weighted by molar-refractivity contribution is 9.10. The van der Waals surface area contributed by atoms with Crippen molar-refractivity contribution in [3.05, 3.63) is 46.7 Å². The molecule has 0 spiro atoms. The number of rotatable bonds is 5. The van der Waals surface area contributed by atoms with Gasteiger partial charge in [-0.2, -0.15) is 5.10 Å². The Morgan fingerprint density at radius 3 is 2.53 bits per heavy atom. The van der Waals surface area contributed by atoms with Crippen LogP contribution in [0, 0.1) is 0 Å². The third-order valence-electron chi connectivity index (χ3n) is 3.19. The molecule has 1 aromatic carbocycles. The van der Waals surface area contributed by atoms with Gasteiger partial charge in [-0.1, -0.05) is 19.1 Å². The van der Waals surface area contributed by atoms with Crippen LogP contribution in [0.4, 0.5) is 0 Å². The van der Waals surface area contributed by atoms with Crippen LogP contribution < -0.4 is 10.5 Å². The SMILES string of the molecule is CCC(N)C(c1ccc(OC)cc1)n1cc(Br)cn1. The summed E-state index contributed by atoms with van der Waals surface area (Å²) in [5.74, 6) is 0.842. The maximum absolute atomic E-state index is 6.25. The Bertz CT molecular complexity index is 524. The minimum absolute atomic E-state index is 0.0141. The zero-order chi connectivity index (χ0) is 13.8. The summed E-state index contributed by atoms with van der Waals surface area (Å²) < 4.78 is 8.04. The van der Waals surface area contributed by atoms with E-state index in [0.717, 1.165) is 22.2 Å². The van der Waals surface area contributed by atoms with Crippen molar-refractivity contribution in [2.24, 2.45) is 5.73 Å². The van der Waals surface area contributed by atoms with Gasteiger partial charge in [-0.05, 0) is 40.0 Å². The molecule has 1 aromatic heterocycles. The summed E-state index contributed by atoms with van der Waals surface area (Å²) in [4.78, 5) is 0. The highest BCUT2D eigenvalue weighted by Crippen LogP contribution is 2.25. The molecular formula is C14H18BrN3O. The molecular weight excluding hydrogens is 306 g/mol. The smallest absolute Gasteiger partial charge is 0.118 e. The summed E-state index contributed by atoms with van der Waals surface area (Å²) in [7, 11) is 1.66. The van der Waals surface area contributed by atoms with Crippen molar-refractivity contribution in [1.29, 1.82) is 0 Å². The fourth-order valence-corrected chi connectivity index (χ4v) is 2.39. The van der Waals surface area contributed by atoms with Crippen molar-refractivity contribution < 1.29 is 4.74 Å². The predicted octanol–water partition coefficient (Wildman–Crippen LogP) is 2.98. The molecule has 4 nitrogen and oxygen atoms in total. The van der Waals surface area contributed by atoms with E-state index in [9.17, 15) is 0 Å². The molecule has 0 radical (unpaired) electrons. The Labute approximate surface area is 121 Å². The fraction of sp³-hybridized carbons (Fsp3) is 0.357. The van der Waals surface area contributed by atoms with E-state index in [0.29, 0.717) is 0 Å². The van der Waals surface area contributed by atoms with Crippen LogP contribution in [0.2, 0.25) is 0 Å². The number of aromatic nitrogens is 2. The first kappa shape index (κ1) is 14.1. The lowest BCUT2D eigenvalue weighted by molar-refractivity contribution is 0.410. The van der Waals surface area contributed by atoms with Crippen LogP contribution in [0.3, 0.4) is 0 Å². The molecule has 19 heavy (non-hydrogen) atoms. The first-order valence-electron chi connectivity index (χ1n) is 6.25. The largest absolute Gasteiger partial charge is 0.497 e. The van der Waals surface area contributed by atoms with E-state index in [2.05, 4.69) is 28.0 Å². The Balaban J connectivity index is 2.36. The number of nitrogens with two attached hydrogens (primary N) is 1. The minimum atomic E-state index is 0.0141. The van der Waals surface area contributed by atoms with Crippen LogP contribution in [0.15, 0.2) is 41.1 Å². The third kappa shape index (κ3) is 3.16. The van der Waals surface area contributed by atoms with Gasteiger partial charge in [-0.25, -0.2) is 0 Å². The monoisotopic (exact) mass is 323 g/mol. The topological polar surface area (TPSA) is 53.1 Å². The van der Waals surface area contributed by atoms with Gasteiger partial charge >= 0.3 is 0 Å². The van der Waals surface area contributed by atoms with Crippen molar-refractivity contribution in [1.82, 2.24) is 9.78 Å². The zero-order valence-corrected chi connectivity index (χ0v) is 12.7. The summed E-state index contributed by atoms with van der Waals surface area (Å²) in [5.41, 5.74) is 7.38. The van der Waals surface area contributed by atoms with Gasteiger partial charge < -0.3 is 10.5 Å². The predicted molar refractivity (Wildman–Crippen MR) is 79.3 cm³/mol. The van der Waals surface area contributed by atoms with E-state index in [1.165, 1.54) is 0 Å². The Kier molecular flexibility index (Phi) is 4.61. The van der Waals surface area contributed by atoms with E-state index in [1.54, 1.807) is 13.3 Å². The number of methoxy groups -OCH3 is 1. The first-order chi connectivity index (χ1) is 9.15. The van der Waals surface area contributed by atoms with Crippen molar-refractivity contribution in [3.8, 4) is 5.75 Å². The van der Waals surface area contributed by atoms with E-state index in [-0.39, 0.29) is 12.1 Å². The van der Waals surface area contributed by atoms with E-state index in [1.807, 2.05) is 35.1 Å². The second-order valence-electron chi connectivity index (χ2n) is 4.43. The number of hydrogen-bond donors (Lipinski definition) is 1. The summed E-state index contributed by atoms with van der Waals surface area (Å²) in [6.45, 7) is 2.08. The van der Waals surface area contributed by atoms with Gasteiger partial charge in [0, 0.05) is 12.2 Å². The Morgan fingerprint density at radius 2 is 2.05 bits per heavy atom. The average molecular weight is 324 g/mol. The summed E-state index contributed by atoms with van der Waals surface area (Å²) >= 11 is 3.42. The molecule has 102 valence electrons. The zero-order valence-electron chi connectivity index (χ0n) is 11.1. The lowest BCUT2D eigenvalue weighted by atomic mass is 9.98. The number of benzene rings is 1. The first-order valence-corrected chi connectivity index (χ1v) is 7.04. The molecule has 0 amide bonds. The van der Waals surface area contributed by atoms with Crippen molar-refractivity contribution in [2.45, 2.75) is 25.4 Å². The fourth-order valence-electron chi connectivity index (χ4n) is 2.09. The lowest BCUT2D eigenvalue weighted by Gasteiger charge is -2.24. The molecule has 0 saturated carbocycles. The Morgan fingerprint density at radius 1 is 1.37 bits per heavy atom. The van der Waals surface area contributed by atoms with Crippen LogP contribution in [0.1, 0.15) is 24.9 Å². The molecule has 0 saturated heterocycles. The van der Waals surface area contributed by atoms with Gasteiger partial charge in [-0.3, -0.25) is 4.68 Å². The van der Waals surface area contributed by atoms with Gasteiger partial charge in [-0.15, -0.1) is 0 Å². The average Bonchev–Trinajstić information content (AvgIpc) is 2.86. The highest BCUT2D eigenvalue weighted by Gasteiger charge is 2.21. The minimum Gasteiger partial charge on any atom is -0.497 e. The number of nitrogens with zero attached hydrogens (tertiary/aromatic N) is 2. The van der Waals surface area contributed by atoms with E-state index < -0.39 is 0 Å². The van der Waals surface area contributed by atoms with Gasteiger partial charge in [0.25, 0.3) is 0 Å². The molecule has 1 heterocycles. The Hall–Kier alpha value is -1.33. The van der Waals surface area contributed by atoms with Crippen LogP contribution >= 0.6 is 15.9 Å². The van der Waals surface area contributed by atoms with Gasteiger partial charge in [0.15, 0.2) is 0 Å². The summed E-state index contributed by atoms with van der Waals surface area (Å²) in [6.07, 6.45) is 4.61. The normalized spacial score (nSPS) is 14.1. The quantitative estimate of drug-likeness (QED) is 0.920. The van der Waals surface area contributed by atoms with E-state index in [4.69, 9.17) is 10.5 Å². The van der Waals surface area contributed by atoms with Gasteiger partial charge in [0.05, 0.1) is 23.8 Å². The molecule has 0 fully saturated rings. The molecule has 2 unspecified atom stereocenters. The molecule has 0 aliphatic rings. The van der Waals surface area contributed by atoms with Crippen LogP contribution in [0.5, 0.6) is 5.75 Å². The molecule has 2 N–H and O–H groups in total. The molecule has 0 aliphatic carbocycles. The molecule has 2 rings (SSSR count). The molecule has 5 heteroatoms. The molecule has 2 aromatic rings. The number of halogens is 1. The standard InChI is InChI=1S/C14H18BrN3O/c1-3-13(16)14(18-9-11(15)8-17-18)10-4-6-12(19-2)7-5-10/h4-9,13-14H,3,16H2,1-2H3. The second-order valence-corrected chi connectivity index (χ2v) is 5.34. The molecule has 0 bridgehead atoms. The second kappa shape index (κ2) is 6.21. The maximum Gasteiger partial charge on any atom is 0.118 e. The highest BCUT2D eigenvalue weighted by atomic mass is 79.9. The van der Waals surface area contributed by atoms with Crippen molar-refractivity contribution >= 4 is 15.9 Å². The molecule has 2 atom stereocenters. The summed E-state index contributed by atoms with van der Waals surface area (Å²) in [6, 6.07) is 8.01. The number of ether oxygens (including phenoxy) is 1. The molecule has 0 aliphatic heterocycles. The number of hydrogen-bond acceptors (Lipinski definition) is 3. The van der Waals surface area contributed by atoms with Crippen LogP contribution in [-0.4, -0.2) is 22.9 Å². The van der Waals surface area contributed by atoms with Crippen LogP contribution in [-0.2, 0) is 0 Å². The van der Waals surface area contributed by atoms with Gasteiger partial charge in [0.2, 0.25) is 0 Å². The van der Waals surface area contributed by atoms with E-state index >= 15 is 0 Å². The van der Waals surface area contributed by atoms with Crippen molar-refractivity contribution in [3.63, 3.8) is 0 Å². The van der Waals surface area contributed by atoms with Gasteiger partial charge in [0.1, 0.15) is 5.75 Å². The van der Waals surface area contributed by atoms with Crippen molar-refractivity contribution in [2.75, 3.05) is 7.11 Å².